The van der Waals surface area contributed by atoms with Gasteiger partial charge in [0.1, 0.15) is 10.8 Å². The van der Waals surface area contributed by atoms with Gasteiger partial charge in [-0.25, -0.2) is 9.97 Å². The van der Waals surface area contributed by atoms with Crippen LogP contribution in [0.4, 0.5) is 5.82 Å². The third-order valence-corrected chi connectivity index (χ3v) is 3.66. The van der Waals surface area contributed by atoms with Gasteiger partial charge in [0.25, 0.3) is 0 Å². The molecule has 5 heteroatoms. The summed E-state index contributed by atoms with van der Waals surface area (Å²) >= 11 is 1.70. The topological polar surface area (TPSA) is 50.7 Å². The standard InChI is InChI=1S/C12H16N4S/c1-7-5-14-12(17-7)10(4)16-11-6-13-8(2)9(3)15-11/h5-6,10H,1-4H3,(H,15,16). The molecule has 90 valence electrons. The molecular formula is C12H16N4S. The van der Waals surface area contributed by atoms with E-state index < -0.39 is 0 Å². The SMILES string of the molecule is Cc1cnc(C(C)Nc2cnc(C)c(C)n2)s1. The first kappa shape index (κ1) is 12.0. The third kappa shape index (κ3) is 2.79. The third-order valence-electron chi connectivity index (χ3n) is 2.57. The van der Waals surface area contributed by atoms with Crippen LogP contribution in [0.3, 0.4) is 0 Å². The van der Waals surface area contributed by atoms with Crippen LogP contribution in [0.25, 0.3) is 0 Å². The summed E-state index contributed by atoms with van der Waals surface area (Å²) in [4.78, 5) is 14.3. The van der Waals surface area contributed by atoms with Crippen LogP contribution in [-0.4, -0.2) is 15.0 Å². The lowest BCUT2D eigenvalue weighted by atomic mass is 10.3. The summed E-state index contributed by atoms with van der Waals surface area (Å²) in [5.41, 5.74) is 1.92. The van der Waals surface area contributed by atoms with E-state index >= 15 is 0 Å². The largest absolute Gasteiger partial charge is 0.360 e. The molecule has 0 amide bonds. The van der Waals surface area contributed by atoms with Crippen molar-refractivity contribution in [2.24, 2.45) is 0 Å². The van der Waals surface area contributed by atoms with Gasteiger partial charge in [0.05, 0.1) is 23.6 Å². The van der Waals surface area contributed by atoms with Crippen LogP contribution < -0.4 is 5.32 Å². The highest BCUT2D eigenvalue weighted by Gasteiger charge is 2.10. The van der Waals surface area contributed by atoms with E-state index in [9.17, 15) is 0 Å². The summed E-state index contributed by atoms with van der Waals surface area (Å²) < 4.78 is 0. The summed E-state index contributed by atoms with van der Waals surface area (Å²) in [5.74, 6) is 0.799. The first-order chi connectivity index (χ1) is 8.06. The number of aromatic nitrogens is 3. The van der Waals surface area contributed by atoms with Crippen molar-refractivity contribution in [2.45, 2.75) is 33.7 Å². The smallest absolute Gasteiger partial charge is 0.145 e. The van der Waals surface area contributed by atoms with Crippen molar-refractivity contribution in [3.05, 3.63) is 33.7 Å². The molecule has 0 saturated carbocycles. The Kier molecular flexibility index (Phi) is 3.38. The fourth-order valence-corrected chi connectivity index (χ4v) is 2.24. The molecule has 2 heterocycles. The molecule has 0 spiro atoms. The van der Waals surface area contributed by atoms with Crippen molar-refractivity contribution in [1.29, 1.82) is 0 Å². The molecule has 2 aromatic heterocycles. The Morgan fingerprint density at radius 3 is 2.47 bits per heavy atom. The molecule has 2 rings (SSSR count). The van der Waals surface area contributed by atoms with Crippen LogP contribution in [0.5, 0.6) is 0 Å². The molecule has 0 aliphatic carbocycles. The van der Waals surface area contributed by atoms with Crippen molar-refractivity contribution in [3.8, 4) is 0 Å². The lowest BCUT2D eigenvalue weighted by molar-refractivity contribution is 0.853. The lowest BCUT2D eigenvalue weighted by Crippen LogP contribution is -2.08. The molecule has 2 aromatic rings. The molecule has 4 nitrogen and oxygen atoms in total. The maximum absolute atomic E-state index is 4.45. The van der Waals surface area contributed by atoms with Crippen molar-refractivity contribution in [1.82, 2.24) is 15.0 Å². The Morgan fingerprint density at radius 1 is 1.12 bits per heavy atom. The molecular weight excluding hydrogens is 232 g/mol. The fourth-order valence-electron chi connectivity index (χ4n) is 1.47. The molecule has 1 atom stereocenters. The van der Waals surface area contributed by atoms with Crippen LogP contribution in [0, 0.1) is 20.8 Å². The average Bonchev–Trinajstić information content (AvgIpc) is 2.70. The van der Waals surface area contributed by atoms with E-state index in [-0.39, 0.29) is 6.04 Å². The predicted molar refractivity (Wildman–Crippen MR) is 70.4 cm³/mol. The number of hydrogen-bond acceptors (Lipinski definition) is 5. The van der Waals surface area contributed by atoms with E-state index in [2.05, 4.69) is 34.1 Å². The molecule has 0 aromatic carbocycles. The quantitative estimate of drug-likeness (QED) is 0.907. The fraction of sp³-hybridized carbons (Fsp3) is 0.417. The van der Waals surface area contributed by atoms with Gasteiger partial charge in [0.2, 0.25) is 0 Å². The van der Waals surface area contributed by atoms with Gasteiger partial charge in [-0.15, -0.1) is 11.3 Å². The summed E-state index contributed by atoms with van der Waals surface area (Å²) in [6.07, 6.45) is 3.66. The van der Waals surface area contributed by atoms with E-state index in [1.807, 2.05) is 20.0 Å². The minimum atomic E-state index is 0.158. The molecule has 0 aliphatic rings. The summed E-state index contributed by atoms with van der Waals surface area (Å²) in [6, 6.07) is 0.158. The number of nitrogens with zero attached hydrogens (tertiary/aromatic N) is 3. The number of anilines is 1. The second-order valence-corrected chi connectivity index (χ2v) is 5.37. The molecule has 0 fully saturated rings. The Bertz CT molecular complexity index is 521. The van der Waals surface area contributed by atoms with Crippen molar-refractivity contribution < 1.29 is 0 Å². The monoisotopic (exact) mass is 248 g/mol. The first-order valence-corrected chi connectivity index (χ1v) is 6.37. The van der Waals surface area contributed by atoms with E-state index in [4.69, 9.17) is 0 Å². The van der Waals surface area contributed by atoms with Crippen LogP contribution in [-0.2, 0) is 0 Å². The van der Waals surface area contributed by atoms with Gasteiger partial charge in [-0.1, -0.05) is 0 Å². The van der Waals surface area contributed by atoms with E-state index in [0.29, 0.717) is 0 Å². The summed E-state index contributed by atoms with van der Waals surface area (Å²) in [7, 11) is 0. The van der Waals surface area contributed by atoms with Gasteiger partial charge in [0.15, 0.2) is 0 Å². The van der Waals surface area contributed by atoms with Crippen LogP contribution >= 0.6 is 11.3 Å². The maximum atomic E-state index is 4.45. The van der Waals surface area contributed by atoms with Gasteiger partial charge < -0.3 is 5.32 Å². The highest BCUT2D eigenvalue weighted by atomic mass is 32.1. The zero-order valence-electron chi connectivity index (χ0n) is 10.5. The predicted octanol–water partition coefficient (Wildman–Crippen LogP) is 3.03. The number of aryl methyl sites for hydroxylation is 3. The Morgan fingerprint density at radius 2 is 1.88 bits per heavy atom. The molecule has 0 bridgehead atoms. The maximum Gasteiger partial charge on any atom is 0.145 e. The average molecular weight is 248 g/mol. The number of thiazole rings is 1. The Labute approximate surface area is 105 Å². The lowest BCUT2D eigenvalue weighted by Gasteiger charge is -2.12. The van der Waals surface area contributed by atoms with Gasteiger partial charge in [-0.2, -0.15) is 0 Å². The second-order valence-electron chi connectivity index (χ2n) is 4.10. The molecule has 0 radical (unpaired) electrons. The van der Waals surface area contributed by atoms with E-state index in [1.54, 1.807) is 17.5 Å². The zero-order valence-corrected chi connectivity index (χ0v) is 11.3. The van der Waals surface area contributed by atoms with Crippen molar-refractivity contribution in [3.63, 3.8) is 0 Å². The minimum Gasteiger partial charge on any atom is -0.360 e. The van der Waals surface area contributed by atoms with Gasteiger partial charge in [-0.3, -0.25) is 4.98 Å². The van der Waals surface area contributed by atoms with Crippen molar-refractivity contribution in [2.75, 3.05) is 5.32 Å². The molecule has 1 unspecified atom stereocenters. The number of nitrogens with one attached hydrogen (secondary N) is 1. The van der Waals surface area contributed by atoms with Crippen LogP contribution in [0.1, 0.15) is 34.2 Å². The van der Waals surface area contributed by atoms with Gasteiger partial charge in [-0.05, 0) is 27.7 Å². The van der Waals surface area contributed by atoms with E-state index in [0.717, 1.165) is 22.2 Å². The van der Waals surface area contributed by atoms with E-state index in [1.165, 1.54) is 4.88 Å². The molecule has 17 heavy (non-hydrogen) atoms. The van der Waals surface area contributed by atoms with Crippen molar-refractivity contribution >= 4 is 17.2 Å². The highest BCUT2D eigenvalue weighted by Crippen LogP contribution is 2.22. The minimum absolute atomic E-state index is 0.158. The van der Waals surface area contributed by atoms with Crippen LogP contribution in [0.15, 0.2) is 12.4 Å². The number of hydrogen-bond donors (Lipinski definition) is 1. The number of rotatable bonds is 3. The summed E-state index contributed by atoms with van der Waals surface area (Å²) in [5, 5.41) is 4.39. The first-order valence-electron chi connectivity index (χ1n) is 5.55. The summed E-state index contributed by atoms with van der Waals surface area (Å²) in [6.45, 7) is 8.06. The normalized spacial score (nSPS) is 12.5. The Hall–Kier alpha value is -1.49. The van der Waals surface area contributed by atoms with Gasteiger partial charge >= 0.3 is 0 Å². The Balaban J connectivity index is 2.12. The second kappa shape index (κ2) is 4.79. The molecule has 0 aliphatic heterocycles. The molecule has 1 N–H and O–H groups in total. The molecule has 0 saturated heterocycles. The van der Waals surface area contributed by atoms with Crippen LogP contribution in [0.2, 0.25) is 0 Å². The van der Waals surface area contributed by atoms with Gasteiger partial charge in [0, 0.05) is 11.1 Å². The zero-order chi connectivity index (χ0) is 12.4. The highest BCUT2D eigenvalue weighted by molar-refractivity contribution is 7.11.